The van der Waals surface area contributed by atoms with E-state index in [0.717, 1.165) is 23.9 Å². The van der Waals surface area contributed by atoms with Gasteiger partial charge in [-0.25, -0.2) is 4.98 Å². The van der Waals surface area contributed by atoms with Crippen LogP contribution in [0.25, 0.3) is 0 Å². The van der Waals surface area contributed by atoms with E-state index in [-0.39, 0.29) is 0 Å². The van der Waals surface area contributed by atoms with Gasteiger partial charge in [0.25, 0.3) is 0 Å². The molecule has 7 heteroatoms. The van der Waals surface area contributed by atoms with E-state index in [1.807, 2.05) is 6.26 Å². The molecule has 1 heterocycles. The molecule has 0 spiro atoms. The maximum Gasteiger partial charge on any atom is 0.153 e. The zero-order chi connectivity index (χ0) is 10.2. The third-order valence-corrected chi connectivity index (χ3v) is 2.91. The lowest BCUT2D eigenvalue weighted by Crippen LogP contribution is -2.06. The standard InChI is InChI=1S/C7H13N5S2/c1-13-7(8)9-2-3-14-4-6-10-5-11-12-6/h5H,2-4H2,1H3,(H2,8,9)(H,10,11,12). The van der Waals surface area contributed by atoms with Gasteiger partial charge in [-0.2, -0.15) is 16.9 Å². The zero-order valence-corrected chi connectivity index (χ0v) is 9.57. The molecule has 0 saturated carbocycles. The van der Waals surface area contributed by atoms with Gasteiger partial charge in [0.15, 0.2) is 5.17 Å². The molecule has 0 fully saturated rings. The molecule has 0 aliphatic carbocycles. The second-order valence-electron chi connectivity index (χ2n) is 2.41. The minimum Gasteiger partial charge on any atom is -0.379 e. The summed E-state index contributed by atoms with van der Waals surface area (Å²) in [5.41, 5.74) is 5.52. The molecule has 0 aliphatic heterocycles. The van der Waals surface area contributed by atoms with Crippen LogP contribution in [-0.2, 0) is 5.75 Å². The highest BCUT2D eigenvalue weighted by molar-refractivity contribution is 8.13. The molecule has 0 aliphatic rings. The zero-order valence-electron chi connectivity index (χ0n) is 7.93. The molecule has 14 heavy (non-hydrogen) atoms. The van der Waals surface area contributed by atoms with E-state index in [1.165, 1.54) is 18.1 Å². The maximum absolute atomic E-state index is 5.52. The molecule has 0 bridgehead atoms. The highest BCUT2D eigenvalue weighted by Crippen LogP contribution is 2.06. The molecule has 0 unspecified atom stereocenters. The van der Waals surface area contributed by atoms with Gasteiger partial charge < -0.3 is 5.73 Å². The van der Waals surface area contributed by atoms with Crippen LogP contribution in [0.1, 0.15) is 5.82 Å². The summed E-state index contributed by atoms with van der Waals surface area (Å²) < 4.78 is 0. The molecule has 0 amide bonds. The van der Waals surface area contributed by atoms with Gasteiger partial charge in [-0.3, -0.25) is 10.1 Å². The summed E-state index contributed by atoms with van der Waals surface area (Å²) in [6.07, 6.45) is 3.43. The van der Waals surface area contributed by atoms with Gasteiger partial charge in [-0.1, -0.05) is 11.8 Å². The highest BCUT2D eigenvalue weighted by atomic mass is 32.2. The van der Waals surface area contributed by atoms with Crippen molar-refractivity contribution in [3.63, 3.8) is 0 Å². The Morgan fingerprint density at radius 3 is 3.21 bits per heavy atom. The van der Waals surface area contributed by atoms with Crippen molar-refractivity contribution in [2.75, 3.05) is 18.6 Å². The number of thioether (sulfide) groups is 2. The third-order valence-electron chi connectivity index (χ3n) is 1.42. The van der Waals surface area contributed by atoms with Crippen molar-refractivity contribution in [3.8, 4) is 0 Å². The Morgan fingerprint density at radius 2 is 2.57 bits per heavy atom. The van der Waals surface area contributed by atoms with Crippen LogP contribution in [-0.4, -0.2) is 38.9 Å². The summed E-state index contributed by atoms with van der Waals surface area (Å²) >= 11 is 3.23. The van der Waals surface area contributed by atoms with E-state index >= 15 is 0 Å². The van der Waals surface area contributed by atoms with Crippen LogP contribution in [0.2, 0.25) is 0 Å². The van der Waals surface area contributed by atoms with E-state index in [0.29, 0.717) is 5.17 Å². The van der Waals surface area contributed by atoms with E-state index < -0.39 is 0 Å². The molecule has 1 aromatic heterocycles. The highest BCUT2D eigenvalue weighted by Gasteiger charge is 1.95. The van der Waals surface area contributed by atoms with Gasteiger partial charge >= 0.3 is 0 Å². The molecule has 0 saturated heterocycles. The van der Waals surface area contributed by atoms with Gasteiger partial charge in [0.2, 0.25) is 0 Å². The summed E-state index contributed by atoms with van der Waals surface area (Å²) in [6, 6.07) is 0. The summed E-state index contributed by atoms with van der Waals surface area (Å²) in [5.74, 6) is 2.69. The van der Waals surface area contributed by atoms with Crippen molar-refractivity contribution in [3.05, 3.63) is 12.2 Å². The number of nitrogens with zero attached hydrogens (tertiary/aromatic N) is 3. The van der Waals surface area contributed by atoms with Crippen molar-refractivity contribution in [2.45, 2.75) is 5.75 Å². The Balaban J connectivity index is 2.05. The van der Waals surface area contributed by atoms with Gasteiger partial charge in [0.05, 0.1) is 12.3 Å². The molecule has 1 rings (SSSR count). The Kier molecular flexibility index (Phi) is 5.46. The lowest BCUT2D eigenvalue weighted by atomic mass is 10.7. The summed E-state index contributed by atoms with van der Waals surface area (Å²) in [6.45, 7) is 0.755. The summed E-state index contributed by atoms with van der Waals surface area (Å²) in [7, 11) is 0. The maximum atomic E-state index is 5.52. The van der Waals surface area contributed by atoms with E-state index in [9.17, 15) is 0 Å². The average molecular weight is 231 g/mol. The fourth-order valence-electron chi connectivity index (χ4n) is 0.754. The van der Waals surface area contributed by atoms with Crippen molar-refractivity contribution >= 4 is 28.7 Å². The molecule has 0 radical (unpaired) electrons. The van der Waals surface area contributed by atoms with E-state index in [1.54, 1.807) is 11.8 Å². The quantitative estimate of drug-likeness (QED) is 0.443. The average Bonchev–Trinajstić information content (AvgIpc) is 2.69. The predicted octanol–water partition coefficient (Wildman–Crippen LogP) is 0.716. The minimum absolute atomic E-state index is 0.644. The van der Waals surface area contributed by atoms with Gasteiger partial charge in [0, 0.05) is 5.75 Å². The monoisotopic (exact) mass is 231 g/mol. The first-order valence-electron chi connectivity index (χ1n) is 4.09. The van der Waals surface area contributed by atoms with Crippen LogP contribution >= 0.6 is 23.5 Å². The van der Waals surface area contributed by atoms with Gasteiger partial charge in [0.1, 0.15) is 12.2 Å². The van der Waals surface area contributed by atoms with Crippen molar-refractivity contribution < 1.29 is 0 Å². The normalized spacial score (nSPS) is 11.9. The van der Waals surface area contributed by atoms with Crippen LogP contribution in [0.4, 0.5) is 0 Å². The number of hydrogen-bond donors (Lipinski definition) is 2. The number of amidine groups is 1. The first-order valence-corrected chi connectivity index (χ1v) is 6.46. The number of aromatic amines is 1. The molecule has 3 N–H and O–H groups in total. The first kappa shape index (κ1) is 11.4. The second kappa shape index (κ2) is 6.72. The number of H-pyrrole nitrogens is 1. The number of hydrogen-bond acceptors (Lipinski definition) is 5. The summed E-state index contributed by atoms with van der Waals surface area (Å²) in [5, 5.41) is 7.21. The smallest absolute Gasteiger partial charge is 0.153 e. The minimum atomic E-state index is 0.644. The number of aliphatic imine (C=N–C) groups is 1. The van der Waals surface area contributed by atoms with Crippen molar-refractivity contribution in [1.29, 1.82) is 0 Å². The third kappa shape index (κ3) is 4.52. The van der Waals surface area contributed by atoms with Crippen LogP contribution < -0.4 is 5.73 Å². The Labute approximate surface area is 91.4 Å². The number of rotatable bonds is 5. The van der Waals surface area contributed by atoms with E-state index in [2.05, 4.69) is 20.2 Å². The van der Waals surface area contributed by atoms with Crippen LogP contribution in [0.3, 0.4) is 0 Å². The summed E-state index contributed by atoms with van der Waals surface area (Å²) in [4.78, 5) is 8.16. The largest absolute Gasteiger partial charge is 0.379 e. The SMILES string of the molecule is CSC(N)=NCCSCc1ncn[nH]1. The first-order chi connectivity index (χ1) is 6.83. The molecule has 0 aromatic carbocycles. The molecule has 0 atom stereocenters. The molecule has 1 aromatic rings. The van der Waals surface area contributed by atoms with Crippen LogP contribution in [0.15, 0.2) is 11.3 Å². The number of aromatic nitrogens is 3. The predicted molar refractivity (Wildman–Crippen MR) is 62.5 cm³/mol. The fraction of sp³-hybridized carbons (Fsp3) is 0.571. The molecular formula is C7H13N5S2. The van der Waals surface area contributed by atoms with Crippen LogP contribution in [0, 0.1) is 0 Å². The molecule has 78 valence electrons. The Hall–Kier alpha value is -0.690. The van der Waals surface area contributed by atoms with E-state index in [4.69, 9.17) is 5.73 Å². The number of nitrogens with two attached hydrogens (primary N) is 1. The Morgan fingerprint density at radius 1 is 1.71 bits per heavy atom. The fourth-order valence-corrected chi connectivity index (χ4v) is 1.67. The topological polar surface area (TPSA) is 79.9 Å². The second-order valence-corrected chi connectivity index (χ2v) is 4.34. The van der Waals surface area contributed by atoms with Crippen molar-refractivity contribution in [1.82, 2.24) is 15.2 Å². The van der Waals surface area contributed by atoms with Gasteiger partial charge in [-0.15, -0.1) is 0 Å². The van der Waals surface area contributed by atoms with Crippen molar-refractivity contribution in [2.24, 2.45) is 10.7 Å². The lowest BCUT2D eigenvalue weighted by Gasteiger charge is -1.96. The number of nitrogens with one attached hydrogen (secondary N) is 1. The molecular weight excluding hydrogens is 218 g/mol. The van der Waals surface area contributed by atoms with Gasteiger partial charge in [-0.05, 0) is 6.26 Å². The lowest BCUT2D eigenvalue weighted by molar-refractivity contribution is 1.02. The molecule has 5 nitrogen and oxygen atoms in total. The Bertz CT molecular complexity index is 272. The van der Waals surface area contributed by atoms with Crippen LogP contribution in [0.5, 0.6) is 0 Å².